The number of fused-ring (bicyclic) bond motifs is 1. The van der Waals surface area contributed by atoms with E-state index in [1.165, 1.54) is 16.2 Å². The van der Waals surface area contributed by atoms with Crippen LogP contribution in [0.4, 0.5) is 5.82 Å². The second kappa shape index (κ2) is 6.86. The van der Waals surface area contributed by atoms with Crippen molar-refractivity contribution in [3.63, 3.8) is 0 Å². The molecule has 0 radical (unpaired) electrons. The van der Waals surface area contributed by atoms with Crippen LogP contribution in [0.2, 0.25) is 0 Å². The van der Waals surface area contributed by atoms with Crippen LogP contribution < -0.4 is 4.90 Å². The lowest BCUT2D eigenvalue weighted by atomic mass is 10.2. The van der Waals surface area contributed by atoms with E-state index in [1.807, 2.05) is 36.1 Å². The van der Waals surface area contributed by atoms with Crippen molar-refractivity contribution in [1.82, 2.24) is 29.3 Å². The molecule has 1 saturated heterocycles. The van der Waals surface area contributed by atoms with E-state index in [2.05, 4.69) is 20.3 Å². The first-order valence-corrected chi connectivity index (χ1v) is 10.5. The zero-order chi connectivity index (χ0) is 19.0. The van der Waals surface area contributed by atoms with Crippen molar-refractivity contribution < 1.29 is 8.42 Å². The molecule has 0 saturated carbocycles. The van der Waals surface area contributed by atoms with Crippen LogP contribution in [-0.2, 0) is 10.0 Å². The third-order valence-electron chi connectivity index (χ3n) is 4.79. The van der Waals surface area contributed by atoms with Crippen molar-refractivity contribution in [3.8, 4) is 5.69 Å². The number of aryl methyl sites for hydroxylation is 1. The zero-order valence-electron chi connectivity index (χ0n) is 15.3. The molecule has 9 nitrogen and oxygen atoms in total. The van der Waals surface area contributed by atoms with Crippen LogP contribution in [0.15, 0.2) is 30.6 Å². The van der Waals surface area contributed by atoms with Gasteiger partial charge in [-0.2, -0.15) is 8.99 Å². The molecule has 1 aliphatic rings. The topological polar surface area (TPSA) is 97.1 Å². The number of nitrogens with zero attached hydrogens (tertiary/aromatic N) is 7. The Morgan fingerprint density at radius 1 is 1.04 bits per heavy atom. The monoisotopic (exact) mass is 387 g/mol. The summed E-state index contributed by atoms with van der Waals surface area (Å²) in [6.07, 6.45) is 1.50. The Balaban J connectivity index is 1.64. The summed E-state index contributed by atoms with van der Waals surface area (Å²) in [4.78, 5) is 10.8. The molecule has 142 valence electrons. The summed E-state index contributed by atoms with van der Waals surface area (Å²) in [5.74, 6) is 0.808. The van der Waals surface area contributed by atoms with Gasteiger partial charge in [0, 0.05) is 26.2 Å². The van der Waals surface area contributed by atoms with Crippen LogP contribution in [0.25, 0.3) is 16.9 Å². The predicted octanol–water partition coefficient (Wildman–Crippen LogP) is 0.991. The Morgan fingerprint density at radius 3 is 2.41 bits per heavy atom. The highest BCUT2D eigenvalue weighted by Crippen LogP contribution is 2.24. The van der Waals surface area contributed by atoms with E-state index in [1.54, 1.807) is 11.6 Å². The van der Waals surface area contributed by atoms with Crippen LogP contribution in [-0.4, -0.2) is 69.6 Å². The third kappa shape index (κ3) is 3.26. The second-order valence-corrected chi connectivity index (χ2v) is 8.75. The lowest BCUT2D eigenvalue weighted by Crippen LogP contribution is -2.49. The molecule has 27 heavy (non-hydrogen) atoms. The third-order valence-corrected chi connectivity index (χ3v) is 6.67. The Bertz CT molecular complexity index is 1050. The highest BCUT2D eigenvalue weighted by molar-refractivity contribution is 7.89. The lowest BCUT2D eigenvalue weighted by Gasteiger charge is -2.34. The van der Waals surface area contributed by atoms with Crippen molar-refractivity contribution in [2.45, 2.75) is 13.8 Å². The first-order valence-electron chi connectivity index (χ1n) is 8.86. The SMILES string of the molecule is CCS(=O)(=O)N1CCN(c2ncnc3c2nnn3-c2ccc(C)cc2)CC1. The van der Waals surface area contributed by atoms with Gasteiger partial charge in [-0.05, 0) is 26.0 Å². The van der Waals surface area contributed by atoms with Crippen LogP contribution in [0.1, 0.15) is 12.5 Å². The van der Waals surface area contributed by atoms with Gasteiger partial charge < -0.3 is 4.90 Å². The first kappa shape index (κ1) is 17.8. The quantitative estimate of drug-likeness (QED) is 0.658. The highest BCUT2D eigenvalue weighted by atomic mass is 32.2. The van der Waals surface area contributed by atoms with Gasteiger partial charge in [0.2, 0.25) is 10.0 Å². The maximum Gasteiger partial charge on any atom is 0.213 e. The lowest BCUT2D eigenvalue weighted by molar-refractivity contribution is 0.385. The molecule has 1 fully saturated rings. The molecule has 4 rings (SSSR count). The average molecular weight is 387 g/mol. The molecule has 3 heterocycles. The molecule has 0 unspecified atom stereocenters. The van der Waals surface area contributed by atoms with Crippen LogP contribution in [0.3, 0.4) is 0 Å². The minimum Gasteiger partial charge on any atom is -0.352 e. The second-order valence-electron chi connectivity index (χ2n) is 6.49. The smallest absolute Gasteiger partial charge is 0.213 e. The normalized spacial score (nSPS) is 16.1. The van der Waals surface area contributed by atoms with Gasteiger partial charge in [-0.25, -0.2) is 18.4 Å². The summed E-state index contributed by atoms with van der Waals surface area (Å²) >= 11 is 0. The fraction of sp³-hybridized carbons (Fsp3) is 0.412. The molecular weight excluding hydrogens is 366 g/mol. The van der Waals surface area contributed by atoms with E-state index in [0.717, 1.165) is 5.69 Å². The number of piperazine rings is 1. The van der Waals surface area contributed by atoms with E-state index in [0.29, 0.717) is 43.2 Å². The summed E-state index contributed by atoms with van der Waals surface area (Å²) < 4.78 is 27.3. The van der Waals surface area contributed by atoms with E-state index in [-0.39, 0.29) is 5.75 Å². The molecule has 0 N–H and O–H groups in total. The number of aromatic nitrogens is 5. The Morgan fingerprint density at radius 2 is 1.74 bits per heavy atom. The van der Waals surface area contributed by atoms with Crippen molar-refractivity contribution in [2.24, 2.45) is 0 Å². The molecule has 10 heteroatoms. The molecule has 1 aromatic carbocycles. The standard InChI is InChI=1S/C17H21N7O2S/c1-3-27(25,26)23-10-8-22(9-11-23)16-15-17(19-12-18-16)24(21-20-15)14-6-4-13(2)5-7-14/h4-7,12H,3,8-11H2,1-2H3. The van der Waals surface area contributed by atoms with Gasteiger partial charge in [-0.1, -0.05) is 22.9 Å². The average Bonchev–Trinajstić information content (AvgIpc) is 3.13. The van der Waals surface area contributed by atoms with Crippen molar-refractivity contribution in [1.29, 1.82) is 0 Å². The maximum absolute atomic E-state index is 12.1. The van der Waals surface area contributed by atoms with Crippen molar-refractivity contribution in [3.05, 3.63) is 36.2 Å². The van der Waals surface area contributed by atoms with E-state index >= 15 is 0 Å². The molecule has 1 aliphatic heterocycles. The number of rotatable bonds is 4. The van der Waals surface area contributed by atoms with E-state index < -0.39 is 10.0 Å². The highest BCUT2D eigenvalue weighted by Gasteiger charge is 2.27. The maximum atomic E-state index is 12.1. The van der Waals surface area contributed by atoms with Gasteiger partial charge in [0.1, 0.15) is 6.33 Å². The summed E-state index contributed by atoms with van der Waals surface area (Å²) in [5.41, 5.74) is 3.29. The molecule has 0 aliphatic carbocycles. The van der Waals surface area contributed by atoms with Gasteiger partial charge in [0.15, 0.2) is 17.0 Å². The summed E-state index contributed by atoms with van der Waals surface area (Å²) in [7, 11) is -3.16. The number of hydrogen-bond acceptors (Lipinski definition) is 7. The fourth-order valence-electron chi connectivity index (χ4n) is 3.19. The van der Waals surface area contributed by atoms with E-state index in [4.69, 9.17) is 0 Å². The first-order chi connectivity index (χ1) is 13.0. The number of anilines is 1. The van der Waals surface area contributed by atoms with Gasteiger partial charge in [-0.15, -0.1) is 5.10 Å². The summed E-state index contributed by atoms with van der Waals surface area (Å²) in [6.45, 7) is 5.69. The summed E-state index contributed by atoms with van der Waals surface area (Å²) in [6, 6.07) is 7.97. The van der Waals surface area contributed by atoms with Gasteiger partial charge in [0.25, 0.3) is 0 Å². The van der Waals surface area contributed by atoms with Crippen LogP contribution in [0, 0.1) is 6.92 Å². The van der Waals surface area contributed by atoms with Crippen molar-refractivity contribution >= 4 is 27.0 Å². The molecular formula is C17H21N7O2S. The number of hydrogen-bond donors (Lipinski definition) is 0. The largest absolute Gasteiger partial charge is 0.352 e. The molecule has 0 atom stereocenters. The number of benzene rings is 1. The predicted molar refractivity (Wildman–Crippen MR) is 102 cm³/mol. The summed E-state index contributed by atoms with van der Waals surface area (Å²) in [5, 5.41) is 8.54. The van der Waals surface area contributed by atoms with Gasteiger partial charge in [0.05, 0.1) is 11.4 Å². The van der Waals surface area contributed by atoms with E-state index in [9.17, 15) is 8.42 Å². The Labute approximate surface area is 157 Å². The Hall–Kier alpha value is -2.59. The zero-order valence-corrected chi connectivity index (χ0v) is 16.1. The molecule has 0 amide bonds. The van der Waals surface area contributed by atoms with Gasteiger partial charge >= 0.3 is 0 Å². The minimum absolute atomic E-state index is 0.121. The molecule has 0 spiro atoms. The van der Waals surface area contributed by atoms with Crippen LogP contribution in [0.5, 0.6) is 0 Å². The molecule has 3 aromatic rings. The number of sulfonamides is 1. The Kier molecular flexibility index (Phi) is 4.52. The molecule has 2 aromatic heterocycles. The minimum atomic E-state index is -3.16. The van der Waals surface area contributed by atoms with Gasteiger partial charge in [-0.3, -0.25) is 0 Å². The van der Waals surface area contributed by atoms with Crippen LogP contribution >= 0.6 is 0 Å². The van der Waals surface area contributed by atoms with Crippen molar-refractivity contribution in [2.75, 3.05) is 36.8 Å². The fourth-order valence-corrected chi connectivity index (χ4v) is 4.27. The molecule has 0 bridgehead atoms.